The Balaban J connectivity index is 2.16. The molecule has 0 aliphatic rings. The van der Waals surface area contributed by atoms with Gasteiger partial charge >= 0.3 is 0 Å². The molecule has 0 aliphatic carbocycles. The summed E-state index contributed by atoms with van der Waals surface area (Å²) < 4.78 is 11.3. The zero-order valence-electron chi connectivity index (χ0n) is 11.2. The van der Waals surface area contributed by atoms with Crippen molar-refractivity contribution in [2.45, 2.75) is 6.92 Å². The monoisotopic (exact) mass is 369 g/mol. The summed E-state index contributed by atoms with van der Waals surface area (Å²) in [6.07, 6.45) is 4.50. The number of carbonyl (C=O) groups excluding carboxylic acids is 1. The van der Waals surface area contributed by atoms with Crippen LogP contribution in [-0.4, -0.2) is 12.5 Å². The maximum Gasteiger partial charge on any atom is 0.248 e. The van der Waals surface area contributed by atoms with Crippen LogP contribution in [0, 0.1) is 0 Å². The van der Waals surface area contributed by atoms with Crippen molar-refractivity contribution in [2.24, 2.45) is 0 Å². The van der Waals surface area contributed by atoms with Crippen LogP contribution >= 0.6 is 27.5 Å². The highest BCUT2D eigenvalue weighted by molar-refractivity contribution is 9.10. The molecule has 0 saturated carbocycles. The van der Waals surface area contributed by atoms with Crippen LogP contribution in [0.5, 0.6) is 5.75 Å². The molecule has 110 valence electrons. The second-order valence-corrected chi connectivity index (χ2v) is 5.33. The fraction of sp³-hybridized carbons (Fsp3) is 0.133. The van der Waals surface area contributed by atoms with Crippen LogP contribution in [0.3, 0.4) is 0 Å². The van der Waals surface area contributed by atoms with Gasteiger partial charge in [-0.1, -0.05) is 11.6 Å². The number of rotatable bonds is 5. The van der Waals surface area contributed by atoms with Gasteiger partial charge in [-0.3, -0.25) is 4.79 Å². The van der Waals surface area contributed by atoms with E-state index in [0.29, 0.717) is 33.3 Å². The van der Waals surface area contributed by atoms with Gasteiger partial charge in [0.05, 0.1) is 23.0 Å². The minimum atomic E-state index is -0.304. The molecule has 4 nitrogen and oxygen atoms in total. The first-order valence-electron chi connectivity index (χ1n) is 6.24. The van der Waals surface area contributed by atoms with Crippen LogP contribution in [0.2, 0.25) is 5.02 Å². The Hall–Kier alpha value is -1.72. The second-order valence-electron chi connectivity index (χ2n) is 4.04. The molecule has 1 aromatic heterocycles. The smallest absolute Gasteiger partial charge is 0.248 e. The highest BCUT2D eigenvalue weighted by Crippen LogP contribution is 2.36. The third kappa shape index (κ3) is 4.37. The normalized spacial score (nSPS) is 10.8. The van der Waals surface area contributed by atoms with Gasteiger partial charge in [-0.05, 0) is 53.2 Å². The number of carbonyl (C=O) groups is 1. The molecule has 6 heteroatoms. The number of hydrogen-bond donors (Lipinski definition) is 1. The molecule has 0 bridgehead atoms. The lowest BCUT2D eigenvalue weighted by Crippen LogP contribution is -2.09. The second kappa shape index (κ2) is 7.33. The molecule has 1 aromatic carbocycles. The summed E-state index contributed by atoms with van der Waals surface area (Å²) in [5, 5.41) is 3.23. The van der Waals surface area contributed by atoms with E-state index in [1.54, 1.807) is 36.6 Å². The van der Waals surface area contributed by atoms with E-state index in [4.69, 9.17) is 20.8 Å². The molecule has 0 atom stereocenters. The predicted octanol–water partition coefficient (Wildman–Crippen LogP) is 4.75. The molecule has 1 heterocycles. The van der Waals surface area contributed by atoms with Gasteiger partial charge in [-0.2, -0.15) is 0 Å². The van der Waals surface area contributed by atoms with Crippen molar-refractivity contribution in [1.82, 2.24) is 0 Å². The van der Waals surface area contributed by atoms with Crippen molar-refractivity contribution in [1.29, 1.82) is 0 Å². The number of furan rings is 1. The highest BCUT2D eigenvalue weighted by atomic mass is 79.9. The lowest BCUT2D eigenvalue weighted by Gasteiger charge is -2.13. The van der Waals surface area contributed by atoms with Crippen LogP contribution in [0.25, 0.3) is 6.08 Å². The molecule has 1 N–H and O–H groups in total. The van der Waals surface area contributed by atoms with Gasteiger partial charge in [0.2, 0.25) is 5.91 Å². The molecule has 0 unspecified atom stereocenters. The van der Waals surface area contributed by atoms with Crippen molar-refractivity contribution in [2.75, 3.05) is 11.9 Å². The third-order valence-electron chi connectivity index (χ3n) is 2.50. The Morgan fingerprint density at radius 2 is 2.33 bits per heavy atom. The zero-order chi connectivity index (χ0) is 15.2. The van der Waals surface area contributed by atoms with Gasteiger partial charge in [0, 0.05) is 11.1 Å². The standard InChI is InChI=1S/C15H13BrClNO3/c1-2-20-15-12(16)8-10(17)9-13(15)18-14(19)6-5-11-4-3-7-21-11/h3-9H,2H2,1H3,(H,18,19)/b6-5+. The SMILES string of the molecule is CCOc1c(Br)cc(Cl)cc1NC(=O)/C=C/c1ccco1. The maximum absolute atomic E-state index is 11.9. The fourth-order valence-corrected chi connectivity index (χ4v) is 2.59. The first kappa shape index (κ1) is 15.7. The first-order valence-corrected chi connectivity index (χ1v) is 7.41. The van der Waals surface area contributed by atoms with Crippen LogP contribution in [0.1, 0.15) is 12.7 Å². The lowest BCUT2D eigenvalue weighted by atomic mass is 10.3. The van der Waals surface area contributed by atoms with Crippen molar-refractivity contribution in [3.63, 3.8) is 0 Å². The van der Waals surface area contributed by atoms with Crippen LogP contribution in [0.4, 0.5) is 5.69 Å². The molecule has 1 amide bonds. The van der Waals surface area contributed by atoms with Gasteiger partial charge in [-0.15, -0.1) is 0 Å². The summed E-state index contributed by atoms with van der Waals surface area (Å²) in [6.45, 7) is 2.34. The van der Waals surface area contributed by atoms with Gasteiger partial charge in [0.25, 0.3) is 0 Å². The van der Waals surface area contributed by atoms with Gasteiger partial charge in [0.1, 0.15) is 5.76 Å². The molecule has 0 aliphatic heterocycles. The average molecular weight is 371 g/mol. The summed E-state index contributed by atoms with van der Waals surface area (Å²) in [7, 11) is 0. The van der Waals surface area contributed by atoms with Crippen molar-refractivity contribution in [3.8, 4) is 5.75 Å². The quantitative estimate of drug-likeness (QED) is 0.773. The summed E-state index contributed by atoms with van der Waals surface area (Å²) in [5.74, 6) is 0.839. The molecule has 0 saturated heterocycles. The van der Waals surface area contributed by atoms with Crippen LogP contribution < -0.4 is 10.1 Å². The Labute approximate surface area is 135 Å². The Kier molecular flexibility index (Phi) is 5.47. The van der Waals surface area contributed by atoms with Crippen molar-refractivity contribution < 1.29 is 13.9 Å². The van der Waals surface area contributed by atoms with E-state index in [9.17, 15) is 4.79 Å². The Morgan fingerprint density at radius 3 is 3.00 bits per heavy atom. The third-order valence-corrected chi connectivity index (χ3v) is 3.30. The summed E-state index contributed by atoms with van der Waals surface area (Å²) in [6, 6.07) is 6.85. The molecular weight excluding hydrogens is 358 g/mol. The highest BCUT2D eigenvalue weighted by Gasteiger charge is 2.11. The number of halogens is 2. The summed E-state index contributed by atoms with van der Waals surface area (Å²) in [4.78, 5) is 11.9. The topological polar surface area (TPSA) is 51.5 Å². The van der Waals surface area contributed by atoms with Gasteiger partial charge < -0.3 is 14.5 Å². The van der Waals surface area contributed by atoms with Crippen LogP contribution in [-0.2, 0) is 4.79 Å². The molecule has 0 radical (unpaired) electrons. The zero-order valence-corrected chi connectivity index (χ0v) is 13.6. The molecule has 0 spiro atoms. The first-order chi connectivity index (χ1) is 10.1. The minimum absolute atomic E-state index is 0.304. The fourth-order valence-electron chi connectivity index (χ4n) is 1.66. The molecule has 0 fully saturated rings. The van der Waals surface area contributed by atoms with E-state index in [1.807, 2.05) is 6.92 Å². The lowest BCUT2D eigenvalue weighted by molar-refractivity contribution is -0.111. The van der Waals surface area contributed by atoms with Crippen molar-refractivity contribution in [3.05, 3.63) is 51.9 Å². The van der Waals surface area contributed by atoms with E-state index < -0.39 is 0 Å². The molecule has 2 rings (SSSR count). The van der Waals surface area contributed by atoms with Gasteiger partial charge in [-0.25, -0.2) is 0 Å². The van der Waals surface area contributed by atoms with E-state index in [-0.39, 0.29) is 5.91 Å². The minimum Gasteiger partial charge on any atom is -0.491 e. The summed E-state index contributed by atoms with van der Waals surface area (Å²) in [5.41, 5.74) is 0.505. The number of anilines is 1. The summed E-state index contributed by atoms with van der Waals surface area (Å²) >= 11 is 9.36. The van der Waals surface area contributed by atoms with E-state index in [1.165, 1.54) is 6.08 Å². The predicted molar refractivity (Wildman–Crippen MR) is 86.7 cm³/mol. The number of amides is 1. The molecule has 2 aromatic rings. The maximum atomic E-state index is 11.9. The van der Waals surface area contributed by atoms with E-state index in [2.05, 4.69) is 21.2 Å². The van der Waals surface area contributed by atoms with Crippen LogP contribution in [0.15, 0.2) is 45.5 Å². The largest absolute Gasteiger partial charge is 0.491 e. The number of hydrogen-bond acceptors (Lipinski definition) is 3. The number of ether oxygens (including phenoxy) is 1. The average Bonchev–Trinajstić information content (AvgIpc) is 2.93. The van der Waals surface area contributed by atoms with Gasteiger partial charge in [0.15, 0.2) is 5.75 Å². The number of nitrogens with one attached hydrogen (secondary N) is 1. The van der Waals surface area contributed by atoms with Crippen molar-refractivity contribution >= 4 is 45.2 Å². The van der Waals surface area contributed by atoms with E-state index >= 15 is 0 Å². The molecular formula is C15H13BrClNO3. The molecule has 21 heavy (non-hydrogen) atoms. The van der Waals surface area contributed by atoms with E-state index in [0.717, 1.165) is 0 Å². The number of benzene rings is 1. The Morgan fingerprint density at radius 1 is 1.52 bits per heavy atom. The Bertz CT molecular complexity index is 653.